The highest BCUT2D eigenvalue weighted by molar-refractivity contribution is 5.80. The van der Waals surface area contributed by atoms with Gasteiger partial charge in [0.1, 0.15) is 17.1 Å². The monoisotopic (exact) mass is 661 g/mol. The largest absolute Gasteiger partial charge is 0.508 e. The number of hydrogen-bond acceptors (Lipinski definition) is 10. The van der Waals surface area contributed by atoms with E-state index in [1.54, 1.807) is 41.8 Å². The minimum absolute atomic E-state index is 0.179. The summed E-state index contributed by atoms with van der Waals surface area (Å²) in [5, 5.41) is 29.8. The molecule has 7 rings (SSSR count). The minimum atomic E-state index is -0.574. The second-order valence-electron chi connectivity index (χ2n) is 14.1. The summed E-state index contributed by atoms with van der Waals surface area (Å²) in [7, 11) is 0. The molecule has 13 heteroatoms. The maximum atomic E-state index is 12.9. The van der Waals surface area contributed by atoms with Crippen LogP contribution in [0.2, 0.25) is 0 Å². The van der Waals surface area contributed by atoms with Crippen molar-refractivity contribution in [1.82, 2.24) is 44.4 Å². The average Bonchev–Trinajstić information content (AvgIpc) is 3.71. The molecular formula is C36H39N9O4. The standard InChI is InChI=1S/C36H39N9O4/c1-22-10-26-28(12-32(22)46)41-30(16-37-26)24-14-39-44(18-24)20-36(6-8-43(9-7-36)34(48)49-35(3,4)5)21-45-19-25(15-40-45)31-17-38-27-11-23(2)33(47)13-29(27)42-31/h10-19,46-47H,6-9,20-21H2,1-5H3. The predicted octanol–water partition coefficient (Wildman–Crippen LogP) is 6.05. The number of ether oxygens (including phenoxy) is 1. The minimum Gasteiger partial charge on any atom is -0.508 e. The van der Waals surface area contributed by atoms with Crippen LogP contribution in [0.1, 0.15) is 44.7 Å². The van der Waals surface area contributed by atoms with E-state index in [2.05, 4.69) is 9.97 Å². The molecular weight excluding hydrogens is 622 g/mol. The van der Waals surface area contributed by atoms with Crippen LogP contribution in [-0.2, 0) is 17.8 Å². The molecule has 0 bridgehead atoms. The van der Waals surface area contributed by atoms with Crippen molar-refractivity contribution in [3.63, 3.8) is 0 Å². The molecule has 0 aliphatic carbocycles. The van der Waals surface area contributed by atoms with Gasteiger partial charge in [-0.3, -0.25) is 19.3 Å². The Kier molecular flexibility index (Phi) is 7.92. The van der Waals surface area contributed by atoms with Gasteiger partial charge in [0.2, 0.25) is 0 Å². The van der Waals surface area contributed by atoms with Crippen LogP contribution in [0.25, 0.3) is 44.6 Å². The van der Waals surface area contributed by atoms with Crippen molar-refractivity contribution >= 4 is 28.2 Å². The summed E-state index contributed by atoms with van der Waals surface area (Å²) < 4.78 is 9.51. The number of phenols is 2. The molecule has 0 spiro atoms. The highest BCUT2D eigenvalue weighted by atomic mass is 16.6. The van der Waals surface area contributed by atoms with Gasteiger partial charge in [-0.05, 0) is 70.7 Å². The third kappa shape index (κ3) is 6.73. The number of benzene rings is 2. The van der Waals surface area contributed by atoms with Crippen LogP contribution < -0.4 is 0 Å². The fraction of sp³-hybridized carbons (Fsp3) is 0.361. The zero-order chi connectivity index (χ0) is 34.5. The molecule has 49 heavy (non-hydrogen) atoms. The van der Waals surface area contributed by atoms with Crippen LogP contribution in [0, 0.1) is 19.3 Å². The molecule has 0 radical (unpaired) electrons. The first-order chi connectivity index (χ1) is 23.3. The third-order valence-electron chi connectivity index (χ3n) is 9.05. The Balaban J connectivity index is 1.15. The number of aryl methyl sites for hydroxylation is 2. The van der Waals surface area contributed by atoms with Crippen LogP contribution in [-0.4, -0.2) is 79.4 Å². The Hall–Kier alpha value is -5.59. The normalized spacial score (nSPS) is 14.8. The number of phenolic OH excluding ortho intramolecular Hbond substituents is 2. The highest BCUT2D eigenvalue weighted by Gasteiger charge is 2.38. The number of aromatic hydroxyl groups is 2. The van der Waals surface area contributed by atoms with E-state index >= 15 is 0 Å². The van der Waals surface area contributed by atoms with Crippen molar-refractivity contribution < 1.29 is 19.7 Å². The molecule has 2 aromatic carbocycles. The molecule has 2 N–H and O–H groups in total. The van der Waals surface area contributed by atoms with Gasteiger partial charge < -0.3 is 19.8 Å². The Morgan fingerprint density at radius 1 is 0.755 bits per heavy atom. The molecule has 1 aliphatic heterocycles. The van der Waals surface area contributed by atoms with Crippen LogP contribution in [0.4, 0.5) is 4.79 Å². The molecule has 13 nitrogen and oxygen atoms in total. The van der Waals surface area contributed by atoms with E-state index in [0.717, 1.165) is 22.3 Å². The lowest BCUT2D eigenvalue weighted by molar-refractivity contribution is 0.00363. The van der Waals surface area contributed by atoms with Crippen LogP contribution in [0.15, 0.2) is 61.4 Å². The molecule has 1 saturated heterocycles. The molecule has 0 atom stereocenters. The van der Waals surface area contributed by atoms with Crippen LogP contribution in [0.3, 0.4) is 0 Å². The van der Waals surface area contributed by atoms with Gasteiger partial charge in [-0.1, -0.05) is 0 Å². The summed E-state index contributed by atoms with van der Waals surface area (Å²) in [6, 6.07) is 6.89. The number of piperidine rings is 1. The fourth-order valence-electron chi connectivity index (χ4n) is 6.29. The van der Waals surface area contributed by atoms with Crippen molar-refractivity contribution in [2.24, 2.45) is 5.41 Å². The van der Waals surface area contributed by atoms with Crippen molar-refractivity contribution in [2.45, 2.75) is 66.2 Å². The molecule has 4 aromatic heterocycles. The van der Waals surface area contributed by atoms with E-state index in [0.29, 0.717) is 72.5 Å². The lowest BCUT2D eigenvalue weighted by Crippen LogP contribution is -2.48. The van der Waals surface area contributed by atoms with E-state index in [4.69, 9.17) is 24.9 Å². The van der Waals surface area contributed by atoms with E-state index in [1.807, 2.05) is 68.5 Å². The molecule has 1 aliphatic rings. The number of aromatic nitrogens is 8. The Labute approximate surface area is 283 Å². The average molecular weight is 662 g/mol. The molecule has 0 saturated carbocycles. The summed E-state index contributed by atoms with van der Waals surface area (Å²) >= 11 is 0. The van der Waals surface area contributed by atoms with Crippen molar-refractivity contribution in [3.8, 4) is 34.0 Å². The summed E-state index contributed by atoms with van der Waals surface area (Å²) in [6.07, 6.45) is 12.0. The lowest BCUT2D eigenvalue weighted by atomic mass is 9.78. The number of amides is 1. The zero-order valence-electron chi connectivity index (χ0n) is 28.3. The molecule has 0 unspecified atom stereocenters. The lowest BCUT2D eigenvalue weighted by Gasteiger charge is -2.41. The SMILES string of the molecule is Cc1cc2ncc(-c3cnn(CC4(Cn5cc(-c6cnc7cc(C)c(O)cc7n6)cn5)CCN(C(=O)OC(C)(C)C)CC4)c3)nc2cc1O. The van der Waals surface area contributed by atoms with Crippen LogP contribution in [0.5, 0.6) is 11.5 Å². The Morgan fingerprint density at radius 2 is 1.22 bits per heavy atom. The van der Waals surface area contributed by atoms with Gasteiger partial charge in [-0.25, -0.2) is 14.8 Å². The Bertz CT molecular complexity index is 2060. The van der Waals surface area contributed by atoms with Gasteiger partial charge in [-0.15, -0.1) is 0 Å². The number of likely N-dealkylation sites (tertiary alicyclic amines) is 1. The second kappa shape index (κ2) is 12.1. The number of carbonyl (C=O) groups excluding carboxylic acids is 1. The molecule has 1 fully saturated rings. The van der Waals surface area contributed by atoms with Gasteiger partial charge in [0, 0.05) is 67.2 Å². The molecule has 5 heterocycles. The zero-order valence-corrected chi connectivity index (χ0v) is 28.3. The second-order valence-corrected chi connectivity index (χ2v) is 14.1. The van der Waals surface area contributed by atoms with Gasteiger partial charge >= 0.3 is 6.09 Å². The fourth-order valence-corrected chi connectivity index (χ4v) is 6.29. The van der Waals surface area contributed by atoms with Crippen molar-refractivity contribution in [3.05, 3.63) is 72.6 Å². The van der Waals surface area contributed by atoms with Gasteiger partial charge in [-0.2, -0.15) is 10.2 Å². The first-order valence-electron chi connectivity index (χ1n) is 16.3. The van der Waals surface area contributed by atoms with Crippen molar-refractivity contribution in [2.75, 3.05) is 13.1 Å². The number of carbonyl (C=O) groups is 1. The van der Waals surface area contributed by atoms with Crippen LogP contribution >= 0.6 is 0 Å². The quantitative estimate of drug-likeness (QED) is 0.215. The number of rotatable bonds is 6. The third-order valence-corrected chi connectivity index (χ3v) is 9.05. The van der Waals surface area contributed by atoms with Gasteiger partial charge in [0.25, 0.3) is 0 Å². The van der Waals surface area contributed by atoms with E-state index in [9.17, 15) is 15.0 Å². The number of nitrogens with zero attached hydrogens (tertiary/aromatic N) is 9. The summed E-state index contributed by atoms with van der Waals surface area (Å²) in [4.78, 5) is 33.3. The highest BCUT2D eigenvalue weighted by Crippen LogP contribution is 2.37. The van der Waals surface area contributed by atoms with E-state index in [1.165, 1.54) is 0 Å². The smallest absolute Gasteiger partial charge is 0.410 e. The van der Waals surface area contributed by atoms with Gasteiger partial charge in [0.05, 0.1) is 58.2 Å². The maximum absolute atomic E-state index is 12.9. The first kappa shape index (κ1) is 32.0. The summed E-state index contributed by atoms with van der Waals surface area (Å²) in [5.41, 5.74) is 6.21. The summed E-state index contributed by atoms with van der Waals surface area (Å²) in [6.45, 7) is 11.5. The first-order valence-corrected chi connectivity index (χ1v) is 16.3. The predicted molar refractivity (Wildman–Crippen MR) is 184 cm³/mol. The van der Waals surface area contributed by atoms with Crippen molar-refractivity contribution in [1.29, 1.82) is 0 Å². The molecule has 6 aromatic rings. The maximum Gasteiger partial charge on any atom is 0.410 e. The van der Waals surface area contributed by atoms with E-state index < -0.39 is 5.60 Å². The topological polar surface area (TPSA) is 157 Å². The molecule has 1 amide bonds. The Morgan fingerprint density at radius 3 is 1.67 bits per heavy atom. The summed E-state index contributed by atoms with van der Waals surface area (Å²) in [5.74, 6) is 0.358. The van der Waals surface area contributed by atoms with Gasteiger partial charge in [0.15, 0.2) is 0 Å². The number of hydrogen-bond donors (Lipinski definition) is 2. The number of fused-ring (bicyclic) bond motifs is 2. The molecule has 252 valence electrons. The van der Waals surface area contributed by atoms with E-state index in [-0.39, 0.29) is 23.0 Å².